The van der Waals surface area contributed by atoms with E-state index in [-0.39, 0.29) is 23.6 Å². The highest BCUT2D eigenvalue weighted by atomic mass is 32.2. The van der Waals surface area contributed by atoms with Gasteiger partial charge in [-0.2, -0.15) is 0 Å². The molecular formula is C25H24O4S. The third-order valence-corrected chi connectivity index (χ3v) is 6.27. The van der Waals surface area contributed by atoms with E-state index in [2.05, 4.69) is 36.4 Å². The van der Waals surface area contributed by atoms with Gasteiger partial charge in [-0.3, -0.25) is 4.79 Å². The Hall–Kier alpha value is -2.92. The van der Waals surface area contributed by atoms with Crippen molar-refractivity contribution in [3.8, 4) is 11.5 Å². The summed E-state index contributed by atoms with van der Waals surface area (Å²) >= 11 is 1.48. The zero-order valence-electron chi connectivity index (χ0n) is 16.8. The summed E-state index contributed by atoms with van der Waals surface area (Å²) in [6, 6.07) is 24.1. The van der Waals surface area contributed by atoms with Gasteiger partial charge in [0.2, 0.25) is 0 Å². The largest absolute Gasteiger partial charge is 0.508 e. The van der Waals surface area contributed by atoms with Crippen LogP contribution in [0, 0.1) is 0 Å². The first kappa shape index (κ1) is 20.4. The fourth-order valence-electron chi connectivity index (χ4n) is 3.91. The Morgan fingerprint density at radius 1 is 1.07 bits per heavy atom. The summed E-state index contributed by atoms with van der Waals surface area (Å²) in [6.45, 7) is 2.76. The molecule has 3 aromatic rings. The van der Waals surface area contributed by atoms with Gasteiger partial charge in [-0.15, -0.1) is 11.8 Å². The van der Waals surface area contributed by atoms with Crippen LogP contribution < -0.4 is 4.74 Å². The molecule has 0 saturated carbocycles. The summed E-state index contributed by atoms with van der Waals surface area (Å²) < 4.78 is 11.0. The number of thioether (sulfide) groups is 1. The minimum atomic E-state index is -0.200. The molecular weight excluding hydrogens is 396 g/mol. The van der Waals surface area contributed by atoms with Crippen molar-refractivity contribution < 1.29 is 19.4 Å². The van der Waals surface area contributed by atoms with E-state index >= 15 is 0 Å². The number of ether oxygens (including phenoxy) is 2. The van der Waals surface area contributed by atoms with E-state index in [0.29, 0.717) is 19.0 Å². The fourth-order valence-corrected chi connectivity index (χ4v) is 4.61. The molecule has 0 radical (unpaired) electrons. The van der Waals surface area contributed by atoms with Gasteiger partial charge in [-0.1, -0.05) is 48.5 Å². The fraction of sp³-hybridized carbons (Fsp3) is 0.240. The van der Waals surface area contributed by atoms with E-state index in [0.717, 1.165) is 16.2 Å². The van der Waals surface area contributed by atoms with Crippen molar-refractivity contribution in [3.05, 3.63) is 89.5 Å². The summed E-state index contributed by atoms with van der Waals surface area (Å²) in [4.78, 5) is 12.6. The monoisotopic (exact) mass is 420 g/mol. The van der Waals surface area contributed by atoms with Crippen molar-refractivity contribution in [1.29, 1.82) is 0 Å². The molecule has 4 rings (SSSR count). The van der Waals surface area contributed by atoms with Crippen LogP contribution in [0.4, 0.5) is 0 Å². The molecule has 0 aliphatic carbocycles. The van der Waals surface area contributed by atoms with Gasteiger partial charge in [0, 0.05) is 28.4 Å². The number of esters is 1. The second-order valence-electron chi connectivity index (χ2n) is 7.19. The van der Waals surface area contributed by atoms with E-state index in [1.165, 1.54) is 22.9 Å². The third-order valence-electron chi connectivity index (χ3n) is 5.28. The molecule has 3 aromatic carbocycles. The second-order valence-corrected chi connectivity index (χ2v) is 8.24. The van der Waals surface area contributed by atoms with Crippen LogP contribution in [0.5, 0.6) is 11.5 Å². The van der Waals surface area contributed by atoms with Crippen LogP contribution in [0.2, 0.25) is 0 Å². The van der Waals surface area contributed by atoms with E-state index < -0.39 is 0 Å². The van der Waals surface area contributed by atoms with Crippen LogP contribution in [0.25, 0.3) is 0 Å². The highest BCUT2D eigenvalue weighted by molar-refractivity contribution is 8.00. The first-order chi connectivity index (χ1) is 14.7. The first-order valence-electron chi connectivity index (χ1n) is 10.0. The average molecular weight is 421 g/mol. The van der Waals surface area contributed by atoms with Crippen molar-refractivity contribution in [1.82, 2.24) is 0 Å². The number of rotatable bonds is 6. The van der Waals surface area contributed by atoms with Gasteiger partial charge in [0.05, 0.1) is 19.0 Å². The Labute approximate surface area is 180 Å². The highest BCUT2D eigenvalue weighted by Crippen LogP contribution is 2.47. The maximum atomic E-state index is 11.6. The summed E-state index contributed by atoms with van der Waals surface area (Å²) in [7, 11) is 0. The lowest BCUT2D eigenvalue weighted by Gasteiger charge is -2.34. The predicted octanol–water partition coefficient (Wildman–Crippen LogP) is 5.36. The summed E-state index contributed by atoms with van der Waals surface area (Å²) in [5, 5.41) is 9.89. The molecule has 30 heavy (non-hydrogen) atoms. The lowest BCUT2D eigenvalue weighted by Crippen LogP contribution is -2.25. The third kappa shape index (κ3) is 4.46. The van der Waals surface area contributed by atoms with Crippen molar-refractivity contribution in [3.63, 3.8) is 0 Å². The SMILES string of the molecule is CCOC(=O)CSc1ccc(C2c3ccc(O)cc3OC[C@@H]2c2ccccc2)cc1. The van der Waals surface area contributed by atoms with Crippen molar-refractivity contribution in [2.45, 2.75) is 23.7 Å². The van der Waals surface area contributed by atoms with E-state index in [4.69, 9.17) is 9.47 Å². The smallest absolute Gasteiger partial charge is 0.316 e. The van der Waals surface area contributed by atoms with Crippen LogP contribution in [0.1, 0.15) is 35.4 Å². The van der Waals surface area contributed by atoms with Gasteiger partial charge in [0.1, 0.15) is 11.5 Å². The number of phenolic OH excluding ortho intramolecular Hbond substituents is 1. The number of fused-ring (bicyclic) bond motifs is 1. The molecule has 0 saturated heterocycles. The summed E-state index contributed by atoms with van der Waals surface area (Å²) in [5.41, 5.74) is 3.47. The Morgan fingerprint density at radius 2 is 1.83 bits per heavy atom. The first-order valence-corrected chi connectivity index (χ1v) is 11.0. The van der Waals surface area contributed by atoms with Gasteiger partial charge in [0.15, 0.2) is 0 Å². The van der Waals surface area contributed by atoms with Crippen LogP contribution in [-0.2, 0) is 9.53 Å². The quantitative estimate of drug-likeness (QED) is 0.430. The number of hydrogen-bond donors (Lipinski definition) is 1. The molecule has 1 aliphatic rings. The van der Waals surface area contributed by atoms with E-state index in [1.54, 1.807) is 12.1 Å². The van der Waals surface area contributed by atoms with Crippen LogP contribution >= 0.6 is 11.8 Å². The maximum absolute atomic E-state index is 11.6. The second kappa shape index (κ2) is 9.26. The molecule has 4 nitrogen and oxygen atoms in total. The predicted molar refractivity (Wildman–Crippen MR) is 118 cm³/mol. The number of phenols is 1. The lowest BCUT2D eigenvalue weighted by atomic mass is 9.76. The summed E-state index contributed by atoms with van der Waals surface area (Å²) in [6.07, 6.45) is 0. The molecule has 5 heteroatoms. The normalized spacial score (nSPS) is 17.6. The zero-order chi connectivity index (χ0) is 20.9. The Balaban J connectivity index is 1.64. The molecule has 1 N–H and O–H groups in total. The van der Waals surface area contributed by atoms with Gasteiger partial charge in [-0.05, 0) is 36.2 Å². The molecule has 0 fully saturated rings. The minimum Gasteiger partial charge on any atom is -0.508 e. The standard InChI is InChI=1S/C25H24O4S/c1-2-28-24(27)16-30-20-11-8-18(9-12-20)25-21-13-10-19(26)14-23(21)29-15-22(25)17-6-4-3-5-7-17/h3-14,22,25-26H,2,15-16H2,1H3/t22-,25?/m1/s1. The van der Waals surface area contributed by atoms with E-state index in [9.17, 15) is 9.90 Å². The number of carbonyl (C=O) groups is 1. The van der Waals surface area contributed by atoms with Crippen molar-refractivity contribution in [2.75, 3.05) is 19.0 Å². The molecule has 1 unspecified atom stereocenters. The molecule has 154 valence electrons. The molecule has 0 aromatic heterocycles. The molecule has 2 atom stereocenters. The molecule has 1 heterocycles. The number of hydrogen-bond acceptors (Lipinski definition) is 5. The molecule has 0 spiro atoms. The van der Waals surface area contributed by atoms with Crippen molar-refractivity contribution >= 4 is 17.7 Å². The minimum absolute atomic E-state index is 0.112. The van der Waals surface area contributed by atoms with Crippen LogP contribution in [0.3, 0.4) is 0 Å². The number of carbonyl (C=O) groups excluding carboxylic acids is 1. The zero-order valence-corrected chi connectivity index (χ0v) is 17.6. The van der Waals surface area contributed by atoms with Crippen LogP contribution in [-0.4, -0.2) is 30.0 Å². The molecule has 1 aliphatic heterocycles. The molecule has 0 amide bonds. The number of benzene rings is 3. The van der Waals surface area contributed by atoms with Gasteiger partial charge >= 0.3 is 5.97 Å². The topological polar surface area (TPSA) is 55.8 Å². The average Bonchev–Trinajstić information content (AvgIpc) is 2.78. The van der Waals surface area contributed by atoms with E-state index in [1.807, 2.05) is 31.2 Å². The van der Waals surface area contributed by atoms with Crippen molar-refractivity contribution in [2.24, 2.45) is 0 Å². The van der Waals surface area contributed by atoms with Gasteiger partial charge in [-0.25, -0.2) is 0 Å². The highest BCUT2D eigenvalue weighted by Gasteiger charge is 2.33. The molecule has 0 bridgehead atoms. The number of aromatic hydroxyl groups is 1. The Kier molecular flexibility index (Phi) is 6.29. The summed E-state index contributed by atoms with van der Waals surface area (Å²) in [5.74, 6) is 1.32. The lowest BCUT2D eigenvalue weighted by molar-refractivity contribution is -0.139. The van der Waals surface area contributed by atoms with Gasteiger partial charge < -0.3 is 14.6 Å². The Morgan fingerprint density at radius 3 is 2.57 bits per heavy atom. The van der Waals surface area contributed by atoms with Crippen LogP contribution in [0.15, 0.2) is 77.7 Å². The maximum Gasteiger partial charge on any atom is 0.316 e. The Bertz CT molecular complexity index is 1000. The van der Waals surface area contributed by atoms with Gasteiger partial charge in [0.25, 0.3) is 0 Å².